The molecule has 0 N–H and O–H groups in total. The lowest BCUT2D eigenvalue weighted by atomic mass is 9.86. The van der Waals surface area contributed by atoms with Crippen LogP contribution in [0.3, 0.4) is 0 Å². The van der Waals surface area contributed by atoms with Gasteiger partial charge in [-0.2, -0.15) is 0 Å². The molecule has 254 valence electrons. The van der Waals surface area contributed by atoms with E-state index in [-0.39, 0.29) is 0 Å². The summed E-state index contributed by atoms with van der Waals surface area (Å²) >= 11 is 0. The van der Waals surface area contributed by atoms with Crippen molar-refractivity contribution in [3.05, 3.63) is 97.1 Å². The quantitative estimate of drug-likeness (QED) is 0.0563. The van der Waals surface area contributed by atoms with Crippen molar-refractivity contribution in [2.75, 3.05) is 93.5 Å². The molecule has 0 spiro atoms. The van der Waals surface area contributed by atoms with Crippen LogP contribution in [0, 0.1) is 0 Å². The summed E-state index contributed by atoms with van der Waals surface area (Å²) in [6, 6.07) is 33.9. The molecule has 0 aromatic heterocycles. The van der Waals surface area contributed by atoms with Gasteiger partial charge in [-0.15, -0.1) is 0 Å². The zero-order valence-electron chi connectivity index (χ0n) is 28.0. The molecule has 0 aliphatic heterocycles. The Morgan fingerprint density at radius 1 is 0.333 bits per heavy atom. The number of fused-ring (bicyclic) bond motifs is 2. The van der Waals surface area contributed by atoms with Gasteiger partial charge >= 0.3 is 0 Å². The Bertz CT molecular complexity index is 1470. The summed E-state index contributed by atoms with van der Waals surface area (Å²) in [7, 11) is 3.32. The fourth-order valence-electron chi connectivity index (χ4n) is 5.55. The van der Waals surface area contributed by atoms with Crippen LogP contribution in [0.2, 0.25) is 0 Å². The second-order valence-electron chi connectivity index (χ2n) is 11.0. The molecule has 0 amide bonds. The maximum Gasteiger partial charge on any atom is 0.119 e. The number of rotatable bonds is 22. The first-order valence-corrected chi connectivity index (χ1v) is 16.5. The van der Waals surface area contributed by atoms with Crippen molar-refractivity contribution in [3.8, 4) is 33.8 Å². The summed E-state index contributed by atoms with van der Waals surface area (Å²) in [6.07, 6.45) is 0. The molecule has 0 aliphatic rings. The Kier molecular flexibility index (Phi) is 14.5. The average molecular weight is 655 g/mol. The van der Waals surface area contributed by atoms with Crippen LogP contribution >= 0.6 is 0 Å². The highest BCUT2D eigenvalue weighted by Gasteiger charge is 2.16. The zero-order valence-corrected chi connectivity index (χ0v) is 28.0. The Labute approximate surface area is 283 Å². The number of hydrogen-bond acceptors (Lipinski definition) is 8. The van der Waals surface area contributed by atoms with Crippen molar-refractivity contribution in [2.24, 2.45) is 0 Å². The molecule has 0 fully saturated rings. The standard InChI is InChI=1S/C40H46O8/c1-41-19-21-43-23-25-45-27-29-47-33-15-11-31(12-16-33)39-35-7-3-5-9-37(35)40(38-10-6-4-8-36(38)39)32-13-17-34(18-14-32)48-30-28-46-26-24-44-22-20-42-2/h3-18H,19-30H2,1-2H3. The van der Waals surface area contributed by atoms with E-state index in [1.54, 1.807) is 14.2 Å². The third kappa shape index (κ3) is 10.00. The highest BCUT2D eigenvalue weighted by Crippen LogP contribution is 2.43. The Hall–Kier alpha value is -4.02. The van der Waals surface area contributed by atoms with Gasteiger partial charge in [-0.05, 0) is 68.1 Å². The van der Waals surface area contributed by atoms with Gasteiger partial charge in [0.15, 0.2) is 0 Å². The van der Waals surface area contributed by atoms with Gasteiger partial charge in [0.2, 0.25) is 0 Å². The summed E-state index contributed by atoms with van der Waals surface area (Å²) in [4.78, 5) is 0. The predicted molar refractivity (Wildman–Crippen MR) is 190 cm³/mol. The minimum atomic E-state index is 0.473. The van der Waals surface area contributed by atoms with Crippen LogP contribution in [-0.4, -0.2) is 93.5 Å². The summed E-state index contributed by atoms with van der Waals surface area (Å²) < 4.78 is 43.9. The minimum Gasteiger partial charge on any atom is -0.491 e. The van der Waals surface area contributed by atoms with Gasteiger partial charge in [0.05, 0.1) is 66.1 Å². The Balaban J connectivity index is 1.25. The Morgan fingerprint density at radius 3 is 0.938 bits per heavy atom. The predicted octanol–water partition coefficient (Wildman–Crippen LogP) is 7.44. The molecule has 5 rings (SSSR count). The van der Waals surface area contributed by atoms with E-state index in [4.69, 9.17) is 37.9 Å². The molecule has 0 saturated heterocycles. The van der Waals surface area contributed by atoms with Gasteiger partial charge in [0.25, 0.3) is 0 Å². The van der Waals surface area contributed by atoms with E-state index in [0.29, 0.717) is 79.3 Å². The second kappa shape index (κ2) is 19.7. The van der Waals surface area contributed by atoms with Crippen molar-refractivity contribution in [1.29, 1.82) is 0 Å². The lowest BCUT2D eigenvalue weighted by Gasteiger charge is -2.18. The molecule has 5 aromatic carbocycles. The number of benzene rings is 5. The molecule has 0 unspecified atom stereocenters. The van der Waals surface area contributed by atoms with Crippen LogP contribution < -0.4 is 9.47 Å². The lowest BCUT2D eigenvalue weighted by molar-refractivity contribution is 0.0180. The van der Waals surface area contributed by atoms with Gasteiger partial charge < -0.3 is 37.9 Å². The smallest absolute Gasteiger partial charge is 0.119 e. The van der Waals surface area contributed by atoms with Crippen LogP contribution in [0.25, 0.3) is 43.8 Å². The largest absolute Gasteiger partial charge is 0.491 e. The van der Waals surface area contributed by atoms with Crippen molar-refractivity contribution >= 4 is 21.5 Å². The van der Waals surface area contributed by atoms with Crippen LogP contribution in [0.1, 0.15) is 0 Å². The number of hydrogen-bond donors (Lipinski definition) is 0. The highest BCUT2D eigenvalue weighted by atomic mass is 16.6. The lowest BCUT2D eigenvalue weighted by Crippen LogP contribution is -2.12. The fourth-order valence-corrected chi connectivity index (χ4v) is 5.55. The normalized spacial score (nSPS) is 11.4. The molecule has 0 aliphatic carbocycles. The van der Waals surface area contributed by atoms with E-state index in [1.807, 2.05) is 24.3 Å². The maximum atomic E-state index is 5.95. The topological polar surface area (TPSA) is 73.8 Å². The van der Waals surface area contributed by atoms with Gasteiger partial charge in [-0.1, -0.05) is 72.8 Å². The van der Waals surface area contributed by atoms with Gasteiger partial charge in [-0.3, -0.25) is 0 Å². The van der Waals surface area contributed by atoms with Gasteiger partial charge in [0.1, 0.15) is 24.7 Å². The first kappa shape index (κ1) is 35.3. The molecular formula is C40H46O8. The molecule has 48 heavy (non-hydrogen) atoms. The molecule has 0 saturated carbocycles. The molecule has 0 atom stereocenters. The summed E-state index contributed by atoms with van der Waals surface area (Å²) in [5.74, 6) is 1.62. The fraction of sp³-hybridized carbons (Fsp3) is 0.350. The van der Waals surface area contributed by atoms with E-state index in [1.165, 1.54) is 32.7 Å². The van der Waals surface area contributed by atoms with Crippen molar-refractivity contribution in [1.82, 2.24) is 0 Å². The number of methoxy groups -OCH3 is 2. The van der Waals surface area contributed by atoms with E-state index in [9.17, 15) is 0 Å². The van der Waals surface area contributed by atoms with Crippen LogP contribution in [-0.2, 0) is 28.4 Å². The summed E-state index contributed by atoms with van der Waals surface area (Å²) in [5, 5.41) is 4.80. The van der Waals surface area contributed by atoms with E-state index < -0.39 is 0 Å². The van der Waals surface area contributed by atoms with E-state index in [0.717, 1.165) is 22.6 Å². The molecule has 0 heterocycles. The molecular weight excluding hydrogens is 608 g/mol. The molecule has 0 bridgehead atoms. The van der Waals surface area contributed by atoms with E-state index >= 15 is 0 Å². The molecule has 5 aromatic rings. The monoisotopic (exact) mass is 654 g/mol. The maximum absolute atomic E-state index is 5.95. The van der Waals surface area contributed by atoms with Crippen LogP contribution in [0.15, 0.2) is 97.1 Å². The molecule has 8 heteroatoms. The average Bonchev–Trinajstić information content (AvgIpc) is 3.13. The molecule has 0 radical (unpaired) electrons. The highest BCUT2D eigenvalue weighted by molar-refractivity contribution is 6.21. The second-order valence-corrected chi connectivity index (χ2v) is 11.0. The SMILES string of the molecule is COCCOCCOCCOc1ccc(-c2c3ccccc3c(-c3ccc(OCCOCCOCCOC)cc3)c3ccccc23)cc1. The molecule has 8 nitrogen and oxygen atoms in total. The Morgan fingerprint density at radius 2 is 0.625 bits per heavy atom. The van der Waals surface area contributed by atoms with Crippen LogP contribution in [0.4, 0.5) is 0 Å². The number of ether oxygens (including phenoxy) is 8. The third-order valence-corrected chi connectivity index (χ3v) is 7.82. The third-order valence-electron chi connectivity index (χ3n) is 7.82. The van der Waals surface area contributed by atoms with E-state index in [2.05, 4.69) is 72.8 Å². The van der Waals surface area contributed by atoms with Crippen molar-refractivity contribution in [3.63, 3.8) is 0 Å². The van der Waals surface area contributed by atoms with Gasteiger partial charge in [0, 0.05) is 14.2 Å². The zero-order chi connectivity index (χ0) is 33.2. The van der Waals surface area contributed by atoms with Crippen molar-refractivity contribution in [2.45, 2.75) is 0 Å². The summed E-state index contributed by atoms with van der Waals surface area (Å²) in [6.45, 7) is 6.41. The van der Waals surface area contributed by atoms with Crippen molar-refractivity contribution < 1.29 is 37.9 Å². The van der Waals surface area contributed by atoms with Gasteiger partial charge in [-0.25, -0.2) is 0 Å². The first-order valence-electron chi connectivity index (χ1n) is 16.5. The summed E-state index contributed by atoms with van der Waals surface area (Å²) in [5.41, 5.74) is 4.69. The van der Waals surface area contributed by atoms with Crippen LogP contribution in [0.5, 0.6) is 11.5 Å². The first-order chi connectivity index (χ1) is 23.8. The minimum absolute atomic E-state index is 0.473.